The van der Waals surface area contributed by atoms with Gasteiger partial charge in [-0.1, -0.05) is 18.2 Å². The third kappa shape index (κ3) is 6.80. The summed E-state index contributed by atoms with van der Waals surface area (Å²) in [5, 5.41) is 14.0. The fourth-order valence-electron chi connectivity index (χ4n) is 4.89. The van der Waals surface area contributed by atoms with Gasteiger partial charge in [-0.2, -0.15) is 13.2 Å². The number of anilines is 2. The van der Waals surface area contributed by atoms with Crippen LogP contribution in [0.25, 0.3) is 0 Å². The highest BCUT2D eigenvalue weighted by Gasteiger charge is 2.38. The number of rotatable bonds is 8. The first-order valence-corrected chi connectivity index (χ1v) is 12.4. The Labute approximate surface area is 217 Å². The molecule has 2 aromatic carbocycles. The van der Waals surface area contributed by atoms with E-state index in [1.165, 1.54) is 11.0 Å². The third-order valence-electron chi connectivity index (χ3n) is 6.94. The van der Waals surface area contributed by atoms with Crippen LogP contribution in [0.3, 0.4) is 0 Å². The van der Waals surface area contributed by atoms with Gasteiger partial charge in [0.05, 0.1) is 11.5 Å². The van der Waals surface area contributed by atoms with Gasteiger partial charge in [0.25, 0.3) is 5.69 Å². The molecular formula is C26H29F3N4O5. The molecule has 0 atom stereocenters. The van der Waals surface area contributed by atoms with Crippen LogP contribution in [0.5, 0.6) is 0 Å². The maximum atomic E-state index is 13.2. The van der Waals surface area contributed by atoms with E-state index in [0.29, 0.717) is 32.5 Å². The summed E-state index contributed by atoms with van der Waals surface area (Å²) in [5.41, 5.74) is -1.25. The van der Waals surface area contributed by atoms with Crippen LogP contribution in [0.4, 0.5) is 30.2 Å². The number of hydrogen-bond donors (Lipinski definition) is 1. The van der Waals surface area contributed by atoms with Crippen molar-refractivity contribution < 1.29 is 32.4 Å². The number of halogens is 3. The molecule has 0 bridgehead atoms. The number of hydrogen-bond acceptors (Lipinski definition) is 6. The van der Waals surface area contributed by atoms with Crippen molar-refractivity contribution in [2.24, 2.45) is 5.92 Å². The Morgan fingerprint density at radius 1 is 1.08 bits per heavy atom. The van der Waals surface area contributed by atoms with Gasteiger partial charge in [0.2, 0.25) is 11.8 Å². The number of nitro benzene ring substituents is 1. The second-order valence-corrected chi connectivity index (χ2v) is 9.56. The Morgan fingerprint density at radius 3 is 2.42 bits per heavy atom. The number of alkyl halides is 3. The summed E-state index contributed by atoms with van der Waals surface area (Å²) in [4.78, 5) is 38.1. The van der Waals surface area contributed by atoms with Gasteiger partial charge >= 0.3 is 6.18 Å². The Bertz CT molecular complexity index is 1150. The minimum absolute atomic E-state index is 0.00651. The van der Waals surface area contributed by atoms with Gasteiger partial charge in [-0.05, 0) is 55.9 Å². The van der Waals surface area contributed by atoms with Crippen molar-refractivity contribution >= 4 is 28.9 Å². The Hall–Kier alpha value is -3.67. The number of piperazine rings is 1. The van der Waals surface area contributed by atoms with Crippen molar-refractivity contribution in [2.75, 3.05) is 43.1 Å². The fourth-order valence-corrected chi connectivity index (χ4v) is 4.89. The van der Waals surface area contributed by atoms with E-state index in [-0.39, 0.29) is 42.6 Å². The highest BCUT2D eigenvalue weighted by Crippen LogP contribution is 2.38. The van der Waals surface area contributed by atoms with E-state index in [1.54, 1.807) is 4.90 Å². The van der Waals surface area contributed by atoms with E-state index in [2.05, 4.69) is 5.32 Å². The second kappa shape index (κ2) is 11.8. The average Bonchev–Trinajstić information content (AvgIpc) is 2.89. The van der Waals surface area contributed by atoms with Crippen molar-refractivity contribution in [1.29, 1.82) is 0 Å². The van der Waals surface area contributed by atoms with Crippen molar-refractivity contribution in [3.63, 3.8) is 0 Å². The molecule has 9 nitrogen and oxygen atoms in total. The number of nitrogens with one attached hydrogen (secondary N) is 1. The first kappa shape index (κ1) is 27.4. The lowest BCUT2D eigenvalue weighted by Gasteiger charge is -2.34. The fraction of sp³-hybridized carbons (Fsp3) is 0.462. The Kier molecular flexibility index (Phi) is 8.50. The molecule has 1 heterocycles. The largest absolute Gasteiger partial charge is 0.423 e. The van der Waals surface area contributed by atoms with Gasteiger partial charge in [0, 0.05) is 36.6 Å². The molecule has 1 N–H and O–H groups in total. The minimum Gasteiger partial charge on any atom is -0.382 e. The van der Waals surface area contributed by atoms with Gasteiger partial charge in [0.15, 0.2) is 0 Å². The number of nitrogens with zero attached hydrogens (tertiary/aromatic N) is 3. The van der Waals surface area contributed by atoms with Gasteiger partial charge < -0.3 is 19.9 Å². The number of carbonyl (C=O) groups is 2. The molecule has 2 aliphatic rings. The molecule has 2 fully saturated rings. The maximum Gasteiger partial charge on any atom is 0.423 e. The van der Waals surface area contributed by atoms with Crippen LogP contribution in [0.15, 0.2) is 48.5 Å². The Morgan fingerprint density at radius 2 is 1.79 bits per heavy atom. The van der Waals surface area contributed by atoms with Crippen LogP contribution in [0.1, 0.15) is 31.2 Å². The Balaban J connectivity index is 1.18. The first-order chi connectivity index (χ1) is 18.1. The van der Waals surface area contributed by atoms with Crippen molar-refractivity contribution in [2.45, 2.75) is 37.9 Å². The van der Waals surface area contributed by atoms with Crippen molar-refractivity contribution in [1.82, 2.24) is 4.90 Å². The van der Waals surface area contributed by atoms with Crippen molar-refractivity contribution in [3.05, 3.63) is 64.2 Å². The molecule has 0 aromatic heterocycles. The van der Waals surface area contributed by atoms with E-state index in [1.807, 2.05) is 30.3 Å². The van der Waals surface area contributed by atoms with Crippen LogP contribution in [-0.2, 0) is 20.5 Å². The summed E-state index contributed by atoms with van der Waals surface area (Å²) >= 11 is 0. The highest BCUT2D eigenvalue weighted by atomic mass is 19.4. The molecule has 0 unspecified atom stereocenters. The molecule has 4 rings (SSSR count). The van der Waals surface area contributed by atoms with Crippen LogP contribution >= 0.6 is 0 Å². The number of nitro groups is 1. The predicted octanol–water partition coefficient (Wildman–Crippen LogP) is 4.48. The number of para-hydroxylation sites is 1. The summed E-state index contributed by atoms with van der Waals surface area (Å²) < 4.78 is 45.3. The molecule has 0 spiro atoms. The van der Waals surface area contributed by atoms with Gasteiger partial charge in [-0.15, -0.1) is 0 Å². The molecule has 2 aromatic rings. The smallest absolute Gasteiger partial charge is 0.382 e. The lowest BCUT2D eigenvalue weighted by Crippen LogP contribution is -2.53. The minimum atomic E-state index is -4.82. The van der Waals surface area contributed by atoms with Gasteiger partial charge in [-0.3, -0.25) is 19.7 Å². The van der Waals surface area contributed by atoms with E-state index in [0.717, 1.165) is 30.7 Å². The summed E-state index contributed by atoms with van der Waals surface area (Å²) in [5.74, 6) is -0.169. The normalized spacial score (nSPS) is 20.3. The lowest BCUT2D eigenvalue weighted by molar-refractivity contribution is -0.388. The first-order valence-electron chi connectivity index (χ1n) is 12.4. The summed E-state index contributed by atoms with van der Waals surface area (Å²) in [6, 6.07) is 12.2. The van der Waals surface area contributed by atoms with Gasteiger partial charge in [-0.25, -0.2) is 0 Å². The predicted molar refractivity (Wildman–Crippen MR) is 134 cm³/mol. The van der Waals surface area contributed by atoms with E-state index in [9.17, 15) is 32.9 Å². The zero-order valence-electron chi connectivity index (χ0n) is 20.7. The molecule has 204 valence electrons. The van der Waals surface area contributed by atoms with Crippen molar-refractivity contribution in [3.8, 4) is 0 Å². The molecular weight excluding hydrogens is 505 g/mol. The zero-order valence-corrected chi connectivity index (χ0v) is 20.7. The molecule has 1 aliphatic heterocycles. The summed E-state index contributed by atoms with van der Waals surface area (Å²) in [7, 11) is 0. The van der Waals surface area contributed by atoms with Crippen LogP contribution in [-0.4, -0.2) is 60.5 Å². The van der Waals surface area contributed by atoms with E-state index < -0.39 is 22.4 Å². The topological polar surface area (TPSA) is 105 Å². The summed E-state index contributed by atoms with van der Waals surface area (Å²) in [6.45, 7) is 1.13. The number of carbonyl (C=O) groups excluding carboxylic acids is 2. The third-order valence-corrected chi connectivity index (χ3v) is 6.94. The average molecular weight is 535 g/mol. The SMILES string of the molecule is O=C(COCC1CCC(Nc2ccc([N+](=O)[O-])c(C(F)(F)F)c2)CC1)N1CCN(c2ccccc2)C(=O)C1. The molecule has 1 aliphatic carbocycles. The molecule has 1 saturated heterocycles. The number of amides is 2. The maximum absolute atomic E-state index is 13.2. The highest BCUT2D eigenvalue weighted by molar-refractivity contribution is 5.98. The quantitative estimate of drug-likeness (QED) is 0.396. The molecule has 12 heteroatoms. The van der Waals surface area contributed by atoms with Crippen LogP contribution < -0.4 is 10.2 Å². The van der Waals surface area contributed by atoms with Crippen LogP contribution in [0, 0.1) is 16.0 Å². The van der Waals surface area contributed by atoms with Crippen LogP contribution in [0.2, 0.25) is 0 Å². The summed E-state index contributed by atoms with van der Waals surface area (Å²) in [6.07, 6.45) is -1.92. The molecule has 38 heavy (non-hydrogen) atoms. The molecule has 1 saturated carbocycles. The lowest BCUT2D eigenvalue weighted by atomic mass is 9.86. The number of ether oxygens (including phenoxy) is 1. The number of benzene rings is 2. The second-order valence-electron chi connectivity index (χ2n) is 9.56. The molecule has 0 radical (unpaired) electrons. The van der Waals surface area contributed by atoms with E-state index in [4.69, 9.17) is 4.74 Å². The zero-order chi connectivity index (χ0) is 27.3. The standard InChI is InChI=1S/C26H29F3N4O5/c27-26(28,29)22-14-20(10-11-23(22)33(36)37)30-19-8-6-18(7-9-19)16-38-17-25(35)31-12-13-32(24(34)15-31)21-4-2-1-3-5-21/h1-5,10-11,14,18-19,30H,6-9,12-13,15-17H2. The molecule has 2 amide bonds. The van der Waals surface area contributed by atoms with E-state index >= 15 is 0 Å². The monoisotopic (exact) mass is 534 g/mol. The van der Waals surface area contributed by atoms with Gasteiger partial charge in [0.1, 0.15) is 18.7 Å².